The first-order valence-electron chi connectivity index (χ1n) is 12.0. The fraction of sp³-hybridized carbons (Fsp3) is 0.0625. The predicted molar refractivity (Wildman–Crippen MR) is 145 cm³/mol. The average Bonchev–Trinajstić information content (AvgIpc) is 3.55. The van der Waals surface area contributed by atoms with E-state index in [-0.39, 0.29) is 5.92 Å². The van der Waals surface area contributed by atoms with Gasteiger partial charge in [0.25, 0.3) is 0 Å². The van der Waals surface area contributed by atoms with Crippen LogP contribution in [0.1, 0.15) is 35.2 Å². The maximum atomic E-state index is 9.50. The molecule has 6 aromatic rings. The first-order valence-corrected chi connectivity index (χ1v) is 12.0. The third-order valence-electron chi connectivity index (χ3n) is 7.43. The molecule has 4 heteroatoms. The smallest absolute Gasteiger partial charge is 0.0991 e. The Morgan fingerprint density at radius 3 is 1.97 bits per heavy atom. The Kier molecular flexibility index (Phi) is 4.22. The summed E-state index contributed by atoms with van der Waals surface area (Å²) in [6.07, 6.45) is 2.31. The Bertz CT molecular complexity index is 1970. The summed E-state index contributed by atoms with van der Waals surface area (Å²) in [7, 11) is 0. The van der Waals surface area contributed by atoms with E-state index >= 15 is 0 Å². The van der Waals surface area contributed by atoms with Crippen molar-refractivity contribution in [3.05, 3.63) is 113 Å². The van der Waals surface area contributed by atoms with Crippen LogP contribution in [0, 0.1) is 22.7 Å². The van der Waals surface area contributed by atoms with Crippen LogP contribution >= 0.6 is 0 Å². The number of rotatable bonds is 2. The maximum Gasteiger partial charge on any atom is 0.0991 e. The second kappa shape index (κ2) is 7.47. The van der Waals surface area contributed by atoms with Gasteiger partial charge in [-0.25, -0.2) is 0 Å². The molecule has 4 nitrogen and oxygen atoms in total. The molecule has 0 saturated carbocycles. The third-order valence-corrected chi connectivity index (χ3v) is 7.43. The molecule has 1 unspecified atom stereocenters. The molecule has 1 atom stereocenters. The summed E-state index contributed by atoms with van der Waals surface area (Å²) in [6.45, 7) is 2.28. The number of para-hydroxylation sites is 2. The molecule has 0 bridgehead atoms. The summed E-state index contributed by atoms with van der Waals surface area (Å²) in [6, 6.07) is 35.2. The van der Waals surface area contributed by atoms with Crippen LogP contribution < -0.4 is 0 Å². The van der Waals surface area contributed by atoms with Gasteiger partial charge in [-0.2, -0.15) is 10.5 Å². The fourth-order valence-corrected chi connectivity index (χ4v) is 5.84. The molecule has 1 aliphatic rings. The van der Waals surface area contributed by atoms with Crippen molar-refractivity contribution < 1.29 is 0 Å². The van der Waals surface area contributed by atoms with Crippen LogP contribution in [-0.2, 0) is 0 Å². The van der Waals surface area contributed by atoms with Gasteiger partial charge in [0.1, 0.15) is 0 Å². The number of nitriles is 2. The largest absolute Gasteiger partial charge is 0.312 e. The van der Waals surface area contributed by atoms with Gasteiger partial charge in [-0.3, -0.25) is 0 Å². The molecule has 4 aromatic carbocycles. The molecule has 1 aliphatic carbocycles. The highest BCUT2D eigenvalue weighted by atomic mass is 15.0. The van der Waals surface area contributed by atoms with E-state index in [2.05, 4.69) is 88.9 Å². The van der Waals surface area contributed by atoms with Gasteiger partial charge in [-0.05, 0) is 66.2 Å². The number of benzene rings is 4. The molecular weight excluding hydrogens is 440 g/mol. The molecule has 0 fully saturated rings. The number of fused-ring (bicyclic) bond motifs is 6. The van der Waals surface area contributed by atoms with E-state index < -0.39 is 0 Å². The monoisotopic (exact) mass is 460 g/mol. The van der Waals surface area contributed by atoms with Gasteiger partial charge in [-0.1, -0.05) is 43.3 Å². The average molecular weight is 461 g/mol. The highest BCUT2D eigenvalue weighted by molar-refractivity contribution is 6.12. The van der Waals surface area contributed by atoms with Gasteiger partial charge in [0, 0.05) is 33.5 Å². The quantitative estimate of drug-likeness (QED) is 0.267. The Labute approximate surface area is 208 Å². The number of aromatic nitrogens is 2. The summed E-state index contributed by atoms with van der Waals surface area (Å²) in [5.74, 6) is 0.166. The first kappa shape index (κ1) is 20.3. The van der Waals surface area contributed by atoms with Crippen molar-refractivity contribution in [3.63, 3.8) is 0 Å². The van der Waals surface area contributed by atoms with E-state index in [0.29, 0.717) is 11.1 Å². The second-order valence-corrected chi connectivity index (χ2v) is 9.30. The zero-order chi connectivity index (χ0) is 24.4. The number of nitrogens with zero attached hydrogens (tertiary/aromatic N) is 4. The van der Waals surface area contributed by atoms with E-state index in [1.54, 1.807) is 0 Å². The van der Waals surface area contributed by atoms with Crippen molar-refractivity contribution in [1.29, 1.82) is 10.5 Å². The summed E-state index contributed by atoms with van der Waals surface area (Å²) in [5, 5.41) is 22.3. The van der Waals surface area contributed by atoms with Gasteiger partial charge in [0.15, 0.2) is 0 Å². The molecule has 7 rings (SSSR count). The van der Waals surface area contributed by atoms with E-state index in [9.17, 15) is 10.5 Å². The molecule has 0 N–H and O–H groups in total. The van der Waals surface area contributed by atoms with Crippen molar-refractivity contribution >= 4 is 44.5 Å². The molecule has 0 aliphatic heterocycles. The topological polar surface area (TPSA) is 57.4 Å². The number of hydrogen-bond acceptors (Lipinski definition) is 2. The molecule has 2 heterocycles. The molecule has 2 aromatic heterocycles. The summed E-state index contributed by atoms with van der Waals surface area (Å²) >= 11 is 0. The van der Waals surface area contributed by atoms with Crippen LogP contribution in [0.25, 0.3) is 50.2 Å². The van der Waals surface area contributed by atoms with Gasteiger partial charge in [-0.15, -0.1) is 0 Å². The van der Waals surface area contributed by atoms with Crippen molar-refractivity contribution in [2.45, 2.75) is 12.8 Å². The minimum atomic E-state index is 0.166. The highest BCUT2D eigenvalue weighted by Gasteiger charge is 2.31. The molecular formula is C32H20N4. The lowest BCUT2D eigenvalue weighted by Crippen LogP contribution is -2.01. The van der Waals surface area contributed by atoms with Gasteiger partial charge >= 0.3 is 0 Å². The van der Waals surface area contributed by atoms with Crippen molar-refractivity contribution in [3.8, 4) is 17.8 Å². The Morgan fingerprint density at radius 2 is 1.25 bits per heavy atom. The lowest BCUT2D eigenvalue weighted by atomic mass is 10.0. The molecule has 0 saturated heterocycles. The van der Waals surface area contributed by atoms with Gasteiger partial charge in [0.2, 0.25) is 0 Å². The summed E-state index contributed by atoms with van der Waals surface area (Å²) in [4.78, 5) is 0. The number of hydrogen-bond donors (Lipinski definition) is 0. The van der Waals surface area contributed by atoms with Crippen molar-refractivity contribution in [1.82, 2.24) is 9.13 Å². The third kappa shape index (κ3) is 2.67. The van der Waals surface area contributed by atoms with E-state index in [0.717, 1.165) is 33.0 Å². The molecule has 36 heavy (non-hydrogen) atoms. The van der Waals surface area contributed by atoms with Crippen molar-refractivity contribution in [2.75, 3.05) is 0 Å². The summed E-state index contributed by atoms with van der Waals surface area (Å²) < 4.78 is 4.66. The Morgan fingerprint density at radius 1 is 0.639 bits per heavy atom. The van der Waals surface area contributed by atoms with E-state index in [1.165, 1.54) is 22.3 Å². The van der Waals surface area contributed by atoms with Gasteiger partial charge in [0.05, 0.1) is 45.5 Å². The first-order chi connectivity index (χ1) is 17.7. The molecule has 0 amide bonds. The Hall–Kier alpha value is -5.06. The normalized spacial score (nSPS) is 14.6. The van der Waals surface area contributed by atoms with Gasteiger partial charge < -0.3 is 9.13 Å². The molecule has 168 valence electrons. The molecule has 0 spiro atoms. The summed E-state index contributed by atoms with van der Waals surface area (Å²) in [5.41, 5.74) is 9.45. The standard InChI is InChI=1S/C32H20N4/c1-20-30(36-27-8-4-2-6-24(27)26-16-22(19-34)12-15-29(26)36)17-31-32(20)25-7-3-5-9-28(25)35(31)23-13-10-21(18-33)11-14-23/h2-17,20H,1H3. The van der Waals surface area contributed by atoms with Crippen LogP contribution in [0.2, 0.25) is 0 Å². The maximum absolute atomic E-state index is 9.50. The number of allylic oxidation sites excluding steroid dienone is 1. The van der Waals surface area contributed by atoms with Crippen molar-refractivity contribution in [2.24, 2.45) is 0 Å². The Balaban J connectivity index is 1.53. The minimum Gasteiger partial charge on any atom is -0.312 e. The van der Waals surface area contributed by atoms with Crippen LogP contribution in [0.4, 0.5) is 0 Å². The SMILES string of the molecule is CC1C(n2c3ccccc3c3cc(C#N)ccc32)=Cc2c1c1ccccc1n2-c1ccc(C#N)cc1. The van der Waals surface area contributed by atoms with E-state index in [4.69, 9.17) is 0 Å². The van der Waals surface area contributed by atoms with Crippen LogP contribution in [0.5, 0.6) is 0 Å². The lowest BCUT2D eigenvalue weighted by molar-refractivity contribution is 0.948. The second-order valence-electron chi connectivity index (χ2n) is 9.30. The van der Waals surface area contributed by atoms with Crippen LogP contribution in [0.15, 0.2) is 91.0 Å². The highest BCUT2D eigenvalue weighted by Crippen LogP contribution is 2.47. The zero-order valence-corrected chi connectivity index (χ0v) is 19.6. The minimum absolute atomic E-state index is 0.166. The lowest BCUT2D eigenvalue weighted by Gasteiger charge is -2.15. The fourth-order valence-electron chi connectivity index (χ4n) is 5.84. The van der Waals surface area contributed by atoms with Crippen LogP contribution in [0.3, 0.4) is 0 Å². The predicted octanol–water partition coefficient (Wildman–Crippen LogP) is 7.60. The van der Waals surface area contributed by atoms with Crippen LogP contribution in [-0.4, -0.2) is 9.13 Å². The molecule has 0 radical (unpaired) electrons. The van der Waals surface area contributed by atoms with E-state index in [1.807, 2.05) is 36.4 Å². The zero-order valence-electron chi connectivity index (χ0n) is 19.6.